The number of anilines is 1. The molecule has 1 spiro atoms. The Hall–Kier alpha value is -3.19. The van der Waals surface area contributed by atoms with E-state index in [1.165, 1.54) is 10.9 Å². The van der Waals surface area contributed by atoms with Crippen LogP contribution in [0.1, 0.15) is 31.2 Å². The van der Waals surface area contributed by atoms with Gasteiger partial charge in [0, 0.05) is 66.6 Å². The third-order valence-electron chi connectivity index (χ3n) is 7.33. The summed E-state index contributed by atoms with van der Waals surface area (Å²) in [4.78, 5) is 30.5. The number of piperidine rings is 2. The number of likely N-dealkylation sites (tertiary alicyclic amines) is 1. The molecule has 1 amide bonds. The number of para-hydroxylation sites is 1. The van der Waals surface area contributed by atoms with Gasteiger partial charge in [-0.25, -0.2) is 9.97 Å². The number of aromatic amines is 1. The Morgan fingerprint density at radius 1 is 1.03 bits per heavy atom. The maximum atomic E-state index is 13.7. The summed E-state index contributed by atoms with van der Waals surface area (Å²) < 4.78 is 0. The normalized spacial score (nSPS) is 18.4. The highest BCUT2D eigenvalue weighted by Crippen LogP contribution is 2.42. The number of carbonyl (C=O) groups is 1. The van der Waals surface area contributed by atoms with Crippen LogP contribution in [-0.4, -0.2) is 45.4 Å². The number of hydrogen-bond acceptors (Lipinski definition) is 5. The van der Waals surface area contributed by atoms with Gasteiger partial charge < -0.3 is 14.8 Å². The zero-order chi connectivity index (χ0) is 22.3. The lowest BCUT2D eigenvalue weighted by molar-refractivity contribution is -0.148. The van der Waals surface area contributed by atoms with Crippen LogP contribution >= 0.6 is 11.3 Å². The zero-order valence-electron chi connectivity index (χ0n) is 18.5. The highest BCUT2D eigenvalue weighted by Gasteiger charge is 2.45. The van der Waals surface area contributed by atoms with Gasteiger partial charge in [-0.1, -0.05) is 18.2 Å². The van der Waals surface area contributed by atoms with Crippen LogP contribution in [0.15, 0.2) is 60.4 Å². The summed E-state index contributed by atoms with van der Waals surface area (Å²) in [6, 6.07) is 12.5. The molecule has 168 valence electrons. The van der Waals surface area contributed by atoms with Gasteiger partial charge in [0.15, 0.2) is 0 Å². The van der Waals surface area contributed by atoms with Crippen LogP contribution in [0.3, 0.4) is 0 Å². The number of hydrogen-bond donors (Lipinski definition) is 1. The van der Waals surface area contributed by atoms with Crippen LogP contribution in [0.25, 0.3) is 21.5 Å². The molecule has 1 aromatic carbocycles. The van der Waals surface area contributed by atoms with Crippen LogP contribution in [0.4, 0.5) is 5.82 Å². The van der Waals surface area contributed by atoms with Crippen molar-refractivity contribution in [2.24, 2.45) is 5.41 Å². The summed E-state index contributed by atoms with van der Waals surface area (Å²) in [5.74, 6) is 1.33. The summed E-state index contributed by atoms with van der Waals surface area (Å²) in [7, 11) is 0. The van der Waals surface area contributed by atoms with Crippen molar-refractivity contribution in [3.63, 3.8) is 0 Å². The van der Waals surface area contributed by atoms with E-state index in [1.807, 2.05) is 23.8 Å². The number of pyridine rings is 1. The summed E-state index contributed by atoms with van der Waals surface area (Å²) in [5.41, 5.74) is 3.17. The molecule has 0 unspecified atom stereocenters. The lowest BCUT2D eigenvalue weighted by Gasteiger charge is -2.46. The van der Waals surface area contributed by atoms with E-state index in [2.05, 4.69) is 56.3 Å². The third kappa shape index (κ3) is 3.70. The largest absolute Gasteiger partial charge is 0.361 e. The predicted octanol–water partition coefficient (Wildman–Crippen LogP) is 5.10. The van der Waals surface area contributed by atoms with Crippen molar-refractivity contribution in [2.75, 3.05) is 24.5 Å². The van der Waals surface area contributed by atoms with E-state index in [1.54, 1.807) is 11.3 Å². The van der Waals surface area contributed by atoms with E-state index < -0.39 is 0 Å². The average molecular weight is 458 g/mol. The highest BCUT2D eigenvalue weighted by molar-refractivity contribution is 7.13. The molecule has 2 aliphatic rings. The smallest absolute Gasteiger partial charge is 0.229 e. The number of rotatable bonds is 4. The van der Waals surface area contributed by atoms with Gasteiger partial charge in [-0.05, 0) is 49.4 Å². The maximum Gasteiger partial charge on any atom is 0.229 e. The fourth-order valence-corrected chi connectivity index (χ4v) is 6.09. The number of benzene rings is 1. The molecule has 7 heteroatoms. The molecule has 0 aliphatic carbocycles. The molecular weight excluding hydrogens is 430 g/mol. The molecule has 4 aromatic rings. The van der Waals surface area contributed by atoms with E-state index in [0.717, 1.165) is 67.2 Å². The predicted molar refractivity (Wildman–Crippen MR) is 132 cm³/mol. The minimum Gasteiger partial charge on any atom is -0.361 e. The summed E-state index contributed by atoms with van der Waals surface area (Å²) in [5, 5.41) is 4.19. The second-order valence-electron chi connectivity index (χ2n) is 9.20. The van der Waals surface area contributed by atoms with Crippen molar-refractivity contribution in [1.82, 2.24) is 19.9 Å². The quantitative estimate of drug-likeness (QED) is 0.463. The van der Waals surface area contributed by atoms with Crippen molar-refractivity contribution in [3.05, 3.63) is 65.9 Å². The Bertz CT molecular complexity index is 1260. The number of fused-ring (bicyclic) bond motifs is 1. The Labute approximate surface area is 197 Å². The molecule has 5 heterocycles. The van der Waals surface area contributed by atoms with Crippen molar-refractivity contribution in [2.45, 2.75) is 32.2 Å². The molecule has 2 aliphatic heterocycles. The number of nitrogens with one attached hydrogen (secondary N) is 1. The second kappa shape index (κ2) is 8.30. The van der Waals surface area contributed by atoms with Crippen LogP contribution in [0, 0.1) is 5.41 Å². The number of amides is 1. The number of thiazole rings is 1. The Kier molecular flexibility index (Phi) is 5.14. The van der Waals surface area contributed by atoms with Gasteiger partial charge in [0.05, 0.1) is 5.41 Å². The van der Waals surface area contributed by atoms with Crippen molar-refractivity contribution in [3.8, 4) is 10.6 Å². The number of H-pyrrole nitrogens is 1. The second-order valence-corrected chi connectivity index (χ2v) is 10.1. The van der Waals surface area contributed by atoms with Gasteiger partial charge in [0.25, 0.3) is 0 Å². The van der Waals surface area contributed by atoms with Gasteiger partial charge in [0.1, 0.15) is 10.8 Å². The molecule has 0 atom stereocenters. The fourth-order valence-electron chi connectivity index (χ4n) is 5.46. The summed E-state index contributed by atoms with van der Waals surface area (Å²) >= 11 is 1.63. The van der Waals surface area contributed by atoms with E-state index in [9.17, 15) is 4.79 Å². The van der Waals surface area contributed by atoms with Gasteiger partial charge in [0.2, 0.25) is 5.91 Å². The Balaban J connectivity index is 1.14. The first-order valence-corrected chi connectivity index (χ1v) is 12.6. The van der Waals surface area contributed by atoms with Crippen LogP contribution in [-0.2, 0) is 11.3 Å². The molecule has 0 saturated carbocycles. The van der Waals surface area contributed by atoms with Crippen molar-refractivity contribution >= 4 is 34.0 Å². The minimum absolute atomic E-state index is 0.221. The molecule has 33 heavy (non-hydrogen) atoms. The summed E-state index contributed by atoms with van der Waals surface area (Å²) in [6.45, 7) is 3.28. The van der Waals surface area contributed by atoms with Gasteiger partial charge in [-0.3, -0.25) is 4.79 Å². The number of nitrogens with zero attached hydrogens (tertiary/aromatic N) is 4. The van der Waals surface area contributed by atoms with Crippen molar-refractivity contribution < 1.29 is 4.79 Å². The van der Waals surface area contributed by atoms with Crippen LogP contribution in [0.2, 0.25) is 0 Å². The van der Waals surface area contributed by atoms with E-state index in [-0.39, 0.29) is 5.41 Å². The monoisotopic (exact) mass is 457 g/mol. The lowest BCUT2D eigenvalue weighted by Crippen LogP contribution is -2.53. The highest BCUT2D eigenvalue weighted by atomic mass is 32.1. The zero-order valence-corrected chi connectivity index (χ0v) is 19.4. The van der Waals surface area contributed by atoms with Crippen LogP contribution in [0.5, 0.6) is 0 Å². The number of carbonyl (C=O) groups excluding carboxylic acids is 1. The van der Waals surface area contributed by atoms with E-state index in [4.69, 9.17) is 4.98 Å². The number of aromatic nitrogens is 3. The molecule has 0 radical (unpaired) electrons. The first kappa shape index (κ1) is 20.4. The SMILES string of the molecule is O=C1N(Cc2c[nH]c3ccccc23)CCCC12CCN(c1ccc(-c3nccs3)cn1)CC2. The lowest BCUT2D eigenvalue weighted by atomic mass is 9.71. The standard InChI is InChI=1S/C26H27N5OS/c32-25-26(8-3-12-31(25)18-20-17-28-22-5-2-1-4-21(20)22)9-13-30(14-10-26)23-7-6-19(16-29-23)24-27-11-15-33-24/h1-2,4-7,11,15-17,28H,3,8-10,12-14,18H2. The molecule has 3 aromatic heterocycles. The Morgan fingerprint density at radius 3 is 2.70 bits per heavy atom. The molecule has 6 rings (SSSR count). The van der Waals surface area contributed by atoms with Crippen molar-refractivity contribution in [1.29, 1.82) is 0 Å². The average Bonchev–Trinajstić information content (AvgIpc) is 3.54. The summed E-state index contributed by atoms with van der Waals surface area (Å²) in [6.07, 6.45) is 9.66. The van der Waals surface area contributed by atoms with Crippen LogP contribution < -0.4 is 4.90 Å². The molecule has 2 fully saturated rings. The molecule has 0 bridgehead atoms. The maximum absolute atomic E-state index is 13.7. The van der Waals surface area contributed by atoms with E-state index in [0.29, 0.717) is 12.5 Å². The molecule has 1 N–H and O–H groups in total. The third-order valence-corrected chi connectivity index (χ3v) is 8.15. The molecular formula is C26H27N5OS. The topological polar surface area (TPSA) is 65.1 Å². The molecule has 6 nitrogen and oxygen atoms in total. The van der Waals surface area contributed by atoms with Gasteiger partial charge >= 0.3 is 0 Å². The minimum atomic E-state index is -0.221. The molecule has 2 saturated heterocycles. The first-order valence-electron chi connectivity index (χ1n) is 11.7. The first-order chi connectivity index (χ1) is 16.2. The van der Waals surface area contributed by atoms with Gasteiger partial charge in [-0.15, -0.1) is 11.3 Å². The Morgan fingerprint density at radius 2 is 1.91 bits per heavy atom. The van der Waals surface area contributed by atoms with E-state index >= 15 is 0 Å². The fraction of sp³-hybridized carbons (Fsp3) is 0.346. The van der Waals surface area contributed by atoms with Gasteiger partial charge in [-0.2, -0.15) is 0 Å².